The highest BCUT2D eigenvalue weighted by atomic mass is 16.3. The van der Waals surface area contributed by atoms with Crippen LogP contribution in [0.5, 0.6) is 0 Å². The van der Waals surface area contributed by atoms with E-state index in [1.807, 2.05) is 16.7 Å². The van der Waals surface area contributed by atoms with Gasteiger partial charge in [0.25, 0.3) is 5.91 Å². The highest BCUT2D eigenvalue weighted by molar-refractivity contribution is 5.94. The fraction of sp³-hybridized carbons (Fsp3) is 0.381. The molecule has 3 aromatic rings. The Labute approximate surface area is 158 Å². The van der Waals surface area contributed by atoms with Gasteiger partial charge in [-0.2, -0.15) is 0 Å². The van der Waals surface area contributed by atoms with Crippen molar-refractivity contribution in [3.63, 3.8) is 0 Å². The van der Waals surface area contributed by atoms with Crippen LogP contribution in [0.4, 0.5) is 0 Å². The molecule has 0 spiro atoms. The predicted octanol–water partition coefficient (Wildman–Crippen LogP) is 2.50. The van der Waals surface area contributed by atoms with Gasteiger partial charge >= 0.3 is 0 Å². The average molecular weight is 364 g/mol. The third-order valence-corrected chi connectivity index (χ3v) is 5.09. The smallest absolute Gasteiger partial charge is 0.252 e. The van der Waals surface area contributed by atoms with Gasteiger partial charge in [0.2, 0.25) is 0 Å². The molecule has 1 saturated carbocycles. The number of pyridine rings is 1. The summed E-state index contributed by atoms with van der Waals surface area (Å²) >= 11 is 0. The number of nitrogens with zero attached hydrogens (tertiary/aromatic N) is 3. The van der Waals surface area contributed by atoms with E-state index in [1.54, 1.807) is 6.07 Å². The van der Waals surface area contributed by atoms with E-state index in [4.69, 9.17) is 0 Å². The molecule has 27 heavy (non-hydrogen) atoms. The highest BCUT2D eigenvalue weighted by Crippen LogP contribution is 2.38. The molecule has 4 rings (SSSR count). The average Bonchev–Trinajstić information content (AvgIpc) is 3.45. The second-order valence-corrected chi connectivity index (χ2v) is 7.43. The van der Waals surface area contributed by atoms with E-state index < -0.39 is 0 Å². The predicted molar refractivity (Wildman–Crippen MR) is 103 cm³/mol. The first-order valence-corrected chi connectivity index (χ1v) is 9.43. The van der Waals surface area contributed by atoms with Crippen LogP contribution in [-0.4, -0.2) is 38.8 Å². The van der Waals surface area contributed by atoms with Crippen LogP contribution in [0.25, 0.3) is 5.65 Å². The summed E-state index contributed by atoms with van der Waals surface area (Å²) < 4.78 is 1.92. The molecule has 1 amide bonds. The second kappa shape index (κ2) is 7.48. The van der Waals surface area contributed by atoms with Crippen molar-refractivity contribution in [2.75, 3.05) is 13.2 Å². The zero-order valence-corrected chi connectivity index (χ0v) is 15.4. The maximum absolute atomic E-state index is 12.6. The number of amides is 1. The van der Waals surface area contributed by atoms with E-state index in [1.165, 1.54) is 5.56 Å². The summed E-state index contributed by atoms with van der Waals surface area (Å²) in [4.78, 5) is 12.6. The number of hydrogen-bond acceptors (Lipinski definition) is 4. The van der Waals surface area contributed by atoms with Gasteiger partial charge in [0.15, 0.2) is 5.65 Å². The Kier molecular flexibility index (Phi) is 4.90. The first-order valence-electron chi connectivity index (χ1n) is 9.43. The van der Waals surface area contributed by atoms with E-state index in [0.29, 0.717) is 18.0 Å². The van der Waals surface area contributed by atoms with E-state index >= 15 is 0 Å². The summed E-state index contributed by atoms with van der Waals surface area (Å²) in [6.45, 7) is 2.51. The molecule has 1 aliphatic carbocycles. The Bertz CT molecular complexity index is 944. The second-order valence-electron chi connectivity index (χ2n) is 7.43. The summed E-state index contributed by atoms with van der Waals surface area (Å²) in [5.41, 5.74) is 3.72. The minimum atomic E-state index is -0.144. The van der Waals surface area contributed by atoms with Gasteiger partial charge in [-0.1, -0.05) is 29.8 Å². The normalized spacial score (nSPS) is 15.0. The van der Waals surface area contributed by atoms with Gasteiger partial charge < -0.3 is 10.4 Å². The Morgan fingerprint density at radius 2 is 2.00 bits per heavy atom. The number of fused-ring (bicyclic) bond motifs is 1. The number of aliphatic hydroxyl groups excluding tert-OH is 1. The number of carbonyl (C=O) groups excluding carboxylic acids is 1. The van der Waals surface area contributed by atoms with Crippen LogP contribution < -0.4 is 5.32 Å². The standard InChI is InChI=1S/C21H24N4O2/c1-14-2-4-15(5-3-14)10-16(13-26)11-22-21(27)18-8-9-19-23-24-20(17-6-7-17)25(19)12-18/h2-5,8-9,12,16-17,26H,6-7,10-11,13H2,1H3,(H,22,27). The Morgan fingerprint density at radius 3 is 2.70 bits per heavy atom. The molecule has 1 aromatic carbocycles. The lowest BCUT2D eigenvalue weighted by Crippen LogP contribution is -2.32. The highest BCUT2D eigenvalue weighted by Gasteiger charge is 2.28. The van der Waals surface area contributed by atoms with Crippen LogP contribution in [0.2, 0.25) is 0 Å². The molecule has 1 aliphatic rings. The van der Waals surface area contributed by atoms with Gasteiger partial charge in [-0.15, -0.1) is 10.2 Å². The third-order valence-electron chi connectivity index (χ3n) is 5.09. The van der Waals surface area contributed by atoms with Gasteiger partial charge in [0, 0.05) is 31.2 Å². The minimum Gasteiger partial charge on any atom is -0.396 e. The van der Waals surface area contributed by atoms with Crippen LogP contribution in [-0.2, 0) is 6.42 Å². The van der Waals surface area contributed by atoms with Crippen molar-refractivity contribution >= 4 is 11.6 Å². The molecule has 2 aromatic heterocycles. The summed E-state index contributed by atoms with van der Waals surface area (Å²) in [5, 5.41) is 21.0. The van der Waals surface area contributed by atoms with Crippen LogP contribution in [0.1, 0.15) is 46.1 Å². The van der Waals surface area contributed by atoms with Crippen LogP contribution in [0.3, 0.4) is 0 Å². The molecule has 1 unspecified atom stereocenters. The molecule has 6 heteroatoms. The maximum atomic E-state index is 12.6. The number of nitrogens with one attached hydrogen (secondary N) is 1. The molecule has 0 bridgehead atoms. The van der Waals surface area contributed by atoms with Crippen LogP contribution in [0.15, 0.2) is 42.6 Å². The SMILES string of the molecule is Cc1ccc(CC(CO)CNC(=O)c2ccc3nnc(C4CC4)n3c2)cc1. The maximum Gasteiger partial charge on any atom is 0.252 e. The van der Waals surface area contributed by atoms with Gasteiger partial charge in [-0.3, -0.25) is 9.20 Å². The molecular formula is C21H24N4O2. The minimum absolute atomic E-state index is 0.0164. The number of aromatic nitrogens is 3. The number of benzene rings is 1. The molecule has 2 N–H and O–H groups in total. The monoisotopic (exact) mass is 364 g/mol. The van der Waals surface area contributed by atoms with Crippen LogP contribution >= 0.6 is 0 Å². The topological polar surface area (TPSA) is 79.5 Å². The fourth-order valence-electron chi connectivity index (χ4n) is 3.26. The van der Waals surface area contributed by atoms with Crippen molar-refractivity contribution in [3.05, 3.63) is 65.1 Å². The summed E-state index contributed by atoms with van der Waals surface area (Å²) in [6.07, 6.45) is 4.81. The molecule has 0 radical (unpaired) electrons. The van der Waals surface area contributed by atoms with Gasteiger partial charge in [-0.25, -0.2) is 0 Å². The van der Waals surface area contributed by atoms with E-state index in [2.05, 4.69) is 46.7 Å². The number of aliphatic hydroxyl groups is 1. The zero-order chi connectivity index (χ0) is 18.8. The molecule has 0 aliphatic heterocycles. The quantitative estimate of drug-likeness (QED) is 0.675. The first kappa shape index (κ1) is 17.7. The van der Waals surface area contributed by atoms with E-state index in [-0.39, 0.29) is 18.4 Å². The molecule has 0 saturated heterocycles. The number of aryl methyl sites for hydroxylation is 1. The van der Waals surface area contributed by atoms with Crippen molar-refractivity contribution in [1.29, 1.82) is 0 Å². The molecular weight excluding hydrogens is 340 g/mol. The lowest BCUT2D eigenvalue weighted by Gasteiger charge is -2.15. The van der Waals surface area contributed by atoms with Gasteiger partial charge in [-0.05, 0) is 43.9 Å². The van der Waals surface area contributed by atoms with Crippen LogP contribution in [0, 0.1) is 12.8 Å². The summed E-state index contributed by atoms with van der Waals surface area (Å²) in [6, 6.07) is 11.9. The molecule has 6 nitrogen and oxygen atoms in total. The summed E-state index contributed by atoms with van der Waals surface area (Å²) in [7, 11) is 0. The molecule has 140 valence electrons. The fourth-order valence-corrected chi connectivity index (χ4v) is 3.26. The van der Waals surface area contributed by atoms with Crippen molar-refractivity contribution < 1.29 is 9.90 Å². The van der Waals surface area contributed by atoms with Crippen molar-refractivity contribution in [3.8, 4) is 0 Å². The van der Waals surface area contributed by atoms with Crippen molar-refractivity contribution in [1.82, 2.24) is 19.9 Å². The molecule has 1 atom stereocenters. The molecule has 2 heterocycles. The van der Waals surface area contributed by atoms with Gasteiger partial charge in [0.1, 0.15) is 5.82 Å². The van der Waals surface area contributed by atoms with E-state index in [9.17, 15) is 9.90 Å². The number of hydrogen-bond donors (Lipinski definition) is 2. The number of carbonyl (C=O) groups is 1. The summed E-state index contributed by atoms with van der Waals surface area (Å²) in [5.74, 6) is 1.24. The van der Waals surface area contributed by atoms with Crippen molar-refractivity contribution in [2.24, 2.45) is 5.92 Å². The molecule has 1 fully saturated rings. The Morgan fingerprint density at radius 1 is 1.22 bits per heavy atom. The largest absolute Gasteiger partial charge is 0.396 e. The Hall–Kier alpha value is -2.73. The first-order chi connectivity index (χ1) is 13.1. The number of rotatable bonds is 7. The van der Waals surface area contributed by atoms with Crippen molar-refractivity contribution in [2.45, 2.75) is 32.1 Å². The zero-order valence-electron chi connectivity index (χ0n) is 15.4. The lowest BCUT2D eigenvalue weighted by atomic mass is 9.99. The Balaban J connectivity index is 1.41. The lowest BCUT2D eigenvalue weighted by molar-refractivity contribution is 0.0939. The van der Waals surface area contributed by atoms with Gasteiger partial charge in [0.05, 0.1) is 5.56 Å². The third kappa shape index (κ3) is 4.01. The van der Waals surface area contributed by atoms with E-state index in [0.717, 1.165) is 36.3 Å².